The summed E-state index contributed by atoms with van der Waals surface area (Å²) in [5.41, 5.74) is 6.34. The molecule has 1 saturated heterocycles. The van der Waals surface area contributed by atoms with Crippen molar-refractivity contribution in [1.82, 2.24) is 0 Å². The van der Waals surface area contributed by atoms with E-state index in [1.54, 1.807) is 0 Å². The van der Waals surface area contributed by atoms with Crippen LogP contribution in [0.25, 0.3) is 0 Å². The Morgan fingerprint density at radius 1 is 1.55 bits per heavy atom. The molecule has 0 radical (unpaired) electrons. The molecule has 3 atom stereocenters. The van der Waals surface area contributed by atoms with Crippen molar-refractivity contribution in [3.05, 3.63) is 0 Å². The molecule has 2 aliphatic rings. The van der Waals surface area contributed by atoms with E-state index in [2.05, 4.69) is 6.92 Å². The monoisotopic (exact) mass is 155 g/mol. The van der Waals surface area contributed by atoms with E-state index in [4.69, 9.17) is 10.5 Å². The average molecular weight is 155 g/mol. The molecule has 3 unspecified atom stereocenters. The minimum absolute atomic E-state index is 0.153. The molecule has 1 heterocycles. The number of ether oxygens (including phenoxy) is 1. The molecule has 0 amide bonds. The summed E-state index contributed by atoms with van der Waals surface area (Å²) in [6.07, 6.45) is 3.69. The molecule has 64 valence electrons. The first kappa shape index (κ1) is 7.56. The highest BCUT2D eigenvalue weighted by atomic mass is 16.5. The Bertz CT molecular complexity index is 154. The van der Waals surface area contributed by atoms with E-state index in [9.17, 15) is 0 Å². The zero-order valence-corrected chi connectivity index (χ0v) is 7.18. The van der Waals surface area contributed by atoms with E-state index in [1.807, 2.05) is 0 Å². The van der Waals surface area contributed by atoms with Crippen molar-refractivity contribution in [2.45, 2.75) is 31.7 Å². The van der Waals surface area contributed by atoms with Crippen LogP contribution in [0.15, 0.2) is 0 Å². The first-order valence-electron chi connectivity index (χ1n) is 4.60. The van der Waals surface area contributed by atoms with Gasteiger partial charge < -0.3 is 10.5 Å². The lowest BCUT2D eigenvalue weighted by molar-refractivity contribution is 0.0387. The van der Waals surface area contributed by atoms with Crippen LogP contribution in [0, 0.1) is 11.8 Å². The van der Waals surface area contributed by atoms with Crippen LogP contribution in [0.5, 0.6) is 0 Å². The molecule has 2 nitrogen and oxygen atoms in total. The summed E-state index contributed by atoms with van der Waals surface area (Å²) < 4.78 is 5.42. The number of nitrogens with two attached hydrogens (primary N) is 1. The SMILES string of the molecule is CC1CC1(N)C1CCCOC1. The smallest absolute Gasteiger partial charge is 0.0511 e. The van der Waals surface area contributed by atoms with E-state index in [-0.39, 0.29) is 5.54 Å². The lowest BCUT2D eigenvalue weighted by Gasteiger charge is -2.28. The third kappa shape index (κ3) is 1.18. The molecule has 2 fully saturated rings. The zero-order chi connectivity index (χ0) is 7.90. The predicted octanol–water partition coefficient (Wildman–Crippen LogP) is 1.15. The molecule has 1 saturated carbocycles. The molecule has 2 heteroatoms. The lowest BCUT2D eigenvalue weighted by atomic mass is 9.91. The molecule has 0 bridgehead atoms. The van der Waals surface area contributed by atoms with Gasteiger partial charge in [0.2, 0.25) is 0 Å². The highest BCUT2D eigenvalue weighted by Gasteiger charge is 2.53. The third-order valence-corrected chi connectivity index (χ3v) is 3.34. The number of hydrogen-bond acceptors (Lipinski definition) is 2. The van der Waals surface area contributed by atoms with Gasteiger partial charge in [0.15, 0.2) is 0 Å². The van der Waals surface area contributed by atoms with E-state index in [1.165, 1.54) is 19.3 Å². The summed E-state index contributed by atoms with van der Waals surface area (Å²) in [5.74, 6) is 1.38. The number of hydrogen-bond donors (Lipinski definition) is 1. The Morgan fingerprint density at radius 2 is 2.27 bits per heavy atom. The van der Waals surface area contributed by atoms with Gasteiger partial charge in [0.1, 0.15) is 0 Å². The van der Waals surface area contributed by atoms with Crippen LogP contribution in [0.1, 0.15) is 26.2 Å². The molecule has 2 N–H and O–H groups in total. The van der Waals surface area contributed by atoms with Crippen LogP contribution in [0.4, 0.5) is 0 Å². The summed E-state index contributed by atoms with van der Waals surface area (Å²) in [6, 6.07) is 0. The minimum atomic E-state index is 0.153. The van der Waals surface area contributed by atoms with Crippen molar-refractivity contribution in [1.29, 1.82) is 0 Å². The van der Waals surface area contributed by atoms with Crippen molar-refractivity contribution >= 4 is 0 Å². The van der Waals surface area contributed by atoms with Gasteiger partial charge in [0, 0.05) is 18.1 Å². The second-order valence-electron chi connectivity index (χ2n) is 4.13. The van der Waals surface area contributed by atoms with Gasteiger partial charge >= 0.3 is 0 Å². The van der Waals surface area contributed by atoms with Gasteiger partial charge in [-0.05, 0) is 25.2 Å². The second kappa shape index (κ2) is 2.46. The first-order chi connectivity index (χ1) is 5.23. The Hall–Kier alpha value is -0.0800. The summed E-state index contributed by atoms with van der Waals surface area (Å²) in [5, 5.41) is 0. The second-order valence-corrected chi connectivity index (χ2v) is 4.13. The summed E-state index contributed by atoms with van der Waals surface area (Å²) >= 11 is 0. The van der Waals surface area contributed by atoms with E-state index in [0.29, 0.717) is 5.92 Å². The van der Waals surface area contributed by atoms with Crippen molar-refractivity contribution in [2.75, 3.05) is 13.2 Å². The fourth-order valence-corrected chi connectivity index (χ4v) is 2.21. The molecule has 0 spiro atoms. The van der Waals surface area contributed by atoms with Gasteiger partial charge in [0.05, 0.1) is 6.61 Å². The van der Waals surface area contributed by atoms with Crippen LogP contribution in [0.2, 0.25) is 0 Å². The summed E-state index contributed by atoms with van der Waals surface area (Å²) in [6.45, 7) is 4.09. The molecule has 1 aliphatic heterocycles. The summed E-state index contributed by atoms with van der Waals surface area (Å²) in [7, 11) is 0. The average Bonchev–Trinajstić information content (AvgIpc) is 2.64. The Balaban J connectivity index is 1.94. The van der Waals surface area contributed by atoms with E-state index >= 15 is 0 Å². The maximum absolute atomic E-state index is 6.18. The van der Waals surface area contributed by atoms with E-state index in [0.717, 1.165) is 19.1 Å². The van der Waals surface area contributed by atoms with Gasteiger partial charge in [-0.15, -0.1) is 0 Å². The molecule has 1 aliphatic carbocycles. The van der Waals surface area contributed by atoms with Crippen molar-refractivity contribution in [3.63, 3.8) is 0 Å². The van der Waals surface area contributed by atoms with E-state index < -0.39 is 0 Å². The van der Waals surface area contributed by atoms with Gasteiger partial charge in [-0.1, -0.05) is 6.92 Å². The van der Waals surface area contributed by atoms with Gasteiger partial charge in [-0.2, -0.15) is 0 Å². The highest BCUT2D eigenvalue weighted by Crippen LogP contribution is 2.48. The highest BCUT2D eigenvalue weighted by molar-refractivity contribution is 5.09. The van der Waals surface area contributed by atoms with Crippen LogP contribution in [-0.4, -0.2) is 18.8 Å². The molecule has 0 aromatic rings. The van der Waals surface area contributed by atoms with Gasteiger partial charge in [0.25, 0.3) is 0 Å². The quantitative estimate of drug-likeness (QED) is 0.616. The van der Waals surface area contributed by atoms with Crippen LogP contribution < -0.4 is 5.73 Å². The molecular formula is C9H17NO. The summed E-state index contributed by atoms with van der Waals surface area (Å²) in [4.78, 5) is 0. The molecule has 11 heavy (non-hydrogen) atoms. The molecule has 2 rings (SSSR count). The Labute approximate surface area is 68.1 Å². The Kier molecular flexibility index (Phi) is 1.69. The minimum Gasteiger partial charge on any atom is -0.381 e. The van der Waals surface area contributed by atoms with Crippen LogP contribution in [-0.2, 0) is 4.74 Å². The van der Waals surface area contributed by atoms with Gasteiger partial charge in [-0.25, -0.2) is 0 Å². The number of rotatable bonds is 1. The lowest BCUT2D eigenvalue weighted by Crippen LogP contribution is -2.39. The maximum Gasteiger partial charge on any atom is 0.0511 e. The van der Waals surface area contributed by atoms with Crippen LogP contribution in [0.3, 0.4) is 0 Å². The fraction of sp³-hybridized carbons (Fsp3) is 1.00. The third-order valence-electron chi connectivity index (χ3n) is 3.34. The molecule has 0 aromatic heterocycles. The van der Waals surface area contributed by atoms with Crippen molar-refractivity contribution < 1.29 is 4.74 Å². The Morgan fingerprint density at radius 3 is 2.73 bits per heavy atom. The van der Waals surface area contributed by atoms with Crippen LogP contribution >= 0.6 is 0 Å². The fourth-order valence-electron chi connectivity index (χ4n) is 2.21. The van der Waals surface area contributed by atoms with Crippen molar-refractivity contribution in [3.8, 4) is 0 Å². The maximum atomic E-state index is 6.18. The predicted molar refractivity (Wildman–Crippen MR) is 44.2 cm³/mol. The van der Waals surface area contributed by atoms with Gasteiger partial charge in [-0.3, -0.25) is 0 Å². The topological polar surface area (TPSA) is 35.2 Å². The first-order valence-corrected chi connectivity index (χ1v) is 4.60. The zero-order valence-electron chi connectivity index (χ0n) is 7.18. The standard InChI is InChI=1S/C9H17NO/c1-7-5-9(7,10)8-3-2-4-11-6-8/h7-8H,2-6,10H2,1H3. The van der Waals surface area contributed by atoms with Crippen molar-refractivity contribution in [2.24, 2.45) is 17.6 Å². The molecule has 0 aromatic carbocycles. The molecular weight excluding hydrogens is 138 g/mol. The normalized spacial score (nSPS) is 50.7. The largest absolute Gasteiger partial charge is 0.381 e.